The SMILES string of the molecule is C.C#CCN.C#CCNCCOC(=O)N1CCN(C(=O)OC(C)(C)C)CC1.C#CCNCCOC(=O)N1CCNCC1.CC(C)(C)OC(=O)N1CCN(C(=O)OCCCl)CC1.CC(C)(C)OC(=O)N1CCN(C(=O)OCCCl)CC1.CC(C)(C)OC(=O)N1CCNCC1.O=C(Cl)OCCCl.[HH]. The summed E-state index contributed by atoms with van der Waals surface area (Å²) in [5.74, 6) is 7.95. The van der Waals surface area contributed by atoms with Gasteiger partial charge in [-0.15, -0.1) is 54.1 Å². The van der Waals surface area contributed by atoms with E-state index >= 15 is 0 Å². The summed E-state index contributed by atoms with van der Waals surface area (Å²) in [6, 6.07) is 0. The molecule has 0 saturated carbocycles. The van der Waals surface area contributed by atoms with Gasteiger partial charge in [0.05, 0.1) is 37.3 Å². The minimum absolute atomic E-state index is 0. The molecule has 5 rings (SSSR count). The summed E-state index contributed by atoms with van der Waals surface area (Å²) >= 11 is 20.7. The van der Waals surface area contributed by atoms with Crippen molar-refractivity contribution in [3.05, 3.63) is 0 Å². The van der Waals surface area contributed by atoms with E-state index in [1.54, 1.807) is 39.2 Å². The second-order valence-electron chi connectivity index (χ2n) is 25.1. The second-order valence-corrected chi connectivity index (χ2v) is 26.5. The third-order valence-electron chi connectivity index (χ3n) is 12.2. The predicted octanol–water partition coefficient (Wildman–Crippen LogP) is 6.87. The minimum Gasteiger partial charge on any atom is -0.452 e. The standard InChI is InChI=1S/C15H25N3O4.2C12H21ClN2O4.C10H17N3O2.C9H18N2O2.C3H4Cl2O2.C3H5N.CH4.H2/c1-5-6-16-7-12-21-13(19)17-8-10-18(11-9-17)14(20)22-15(2,3)4;2*1-12(2,3)19-11(17)15-7-5-14(6-8-15)10(16)18-9-4-13;1-2-3-11-6-9-15-10(14)13-7-4-12-5-8-13;1-9(2,3)13-8(12)11-6-4-10-5-7-11;4-1-2-7-3(5)6;1-2-3-4;;/h1,16H,6-12H2,2-4H3;2*4-9H2,1-3H3;1,11-12H,3-9H2;10H,4-7H2,1-3H3;1-2H2;1H,3-4H2;1H4;1H. The van der Waals surface area contributed by atoms with E-state index in [1.807, 2.05) is 83.1 Å². The van der Waals surface area contributed by atoms with Crippen LogP contribution in [0.1, 0.15) is 91.9 Å². The molecular formula is C65H117Cl4N13O18. The molecule has 578 valence electrons. The molecule has 0 aromatic rings. The van der Waals surface area contributed by atoms with Crippen molar-refractivity contribution in [2.45, 2.75) is 113 Å². The Balaban J connectivity index is -0.000000562. The van der Waals surface area contributed by atoms with Crippen LogP contribution in [0.2, 0.25) is 0 Å². The Kier molecular flexibility index (Phi) is 54.5. The summed E-state index contributed by atoms with van der Waals surface area (Å²) in [7, 11) is 0. The summed E-state index contributed by atoms with van der Waals surface area (Å²) in [4.78, 5) is 116. The van der Waals surface area contributed by atoms with Crippen molar-refractivity contribution in [1.82, 2.24) is 60.5 Å². The average molecular weight is 1510 g/mol. The lowest BCUT2D eigenvalue weighted by Crippen LogP contribution is -2.51. The highest BCUT2D eigenvalue weighted by Gasteiger charge is 2.32. The normalized spacial score (nSPS) is 15.1. The lowest BCUT2D eigenvalue weighted by Gasteiger charge is -2.35. The maximum Gasteiger partial charge on any atom is 0.410 e. The molecule has 5 aliphatic heterocycles. The molecular weight excluding hydrogens is 1390 g/mol. The molecule has 5 saturated heterocycles. The maximum absolute atomic E-state index is 11.9. The molecule has 6 N–H and O–H groups in total. The molecule has 5 heterocycles. The van der Waals surface area contributed by atoms with Gasteiger partial charge in [0.15, 0.2) is 0 Å². The smallest absolute Gasteiger partial charge is 0.410 e. The largest absolute Gasteiger partial charge is 0.452 e. The van der Waals surface area contributed by atoms with Crippen molar-refractivity contribution in [2.24, 2.45) is 5.73 Å². The van der Waals surface area contributed by atoms with Crippen molar-refractivity contribution in [2.75, 3.05) is 214 Å². The fourth-order valence-corrected chi connectivity index (χ4v) is 8.00. The molecule has 0 radical (unpaired) electrons. The Morgan fingerprint density at radius 3 is 0.770 bits per heavy atom. The van der Waals surface area contributed by atoms with Crippen LogP contribution in [0, 0.1) is 37.0 Å². The predicted molar refractivity (Wildman–Crippen MR) is 388 cm³/mol. The van der Waals surface area contributed by atoms with E-state index in [-0.39, 0.29) is 101 Å². The zero-order valence-corrected chi connectivity index (χ0v) is 63.1. The average Bonchev–Trinajstić information content (AvgIpc) is 0.881. The molecule has 100 heavy (non-hydrogen) atoms. The molecule has 0 aromatic heterocycles. The lowest BCUT2D eigenvalue weighted by molar-refractivity contribution is 0.0126. The van der Waals surface area contributed by atoms with Crippen LogP contribution in [0.15, 0.2) is 0 Å². The van der Waals surface area contributed by atoms with Crippen molar-refractivity contribution in [3.8, 4) is 37.0 Å². The van der Waals surface area contributed by atoms with E-state index < -0.39 is 22.2 Å². The molecule has 0 bridgehead atoms. The number of hydrogen-bond acceptors (Lipinski definition) is 23. The summed E-state index contributed by atoms with van der Waals surface area (Å²) < 4.78 is 45.3. The van der Waals surface area contributed by atoms with Gasteiger partial charge in [-0.2, -0.15) is 0 Å². The molecule has 0 spiro atoms. The van der Waals surface area contributed by atoms with Crippen LogP contribution < -0.4 is 27.0 Å². The van der Waals surface area contributed by atoms with Gasteiger partial charge in [0.2, 0.25) is 0 Å². The second kappa shape index (κ2) is 55.9. The zero-order chi connectivity index (χ0) is 75.5. The molecule has 5 fully saturated rings. The first-order valence-corrected chi connectivity index (χ1v) is 34.4. The number of rotatable bonds is 14. The Bertz CT molecular complexity index is 2400. The van der Waals surface area contributed by atoms with Crippen LogP contribution in [0.5, 0.6) is 0 Å². The number of carbonyl (C=O) groups excluding carboxylic acids is 9. The first-order valence-electron chi connectivity index (χ1n) is 32.4. The van der Waals surface area contributed by atoms with E-state index in [4.69, 9.17) is 103 Å². The molecule has 0 aliphatic carbocycles. The van der Waals surface area contributed by atoms with Gasteiger partial charge in [-0.25, -0.2) is 43.2 Å². The number of nitrogens with two attached hydrogens (primary N) is 1. The first kappa shape index (κ1) is 97.4. The molecule has 31 nitrogen and oxygen atoms in total. The molecule has 0 unspecified atom stereocenters. The van der Waals surface area contributed by atoms with Crippen LogP contribution >= 0.6 is 46.4 Å². The van der Waals surface area contributed by atoms with Gasteiger partial charge in [-0.1, -0.05) is 25.2 Å². The monoisotopic (exact) mass is 1510 g/mol. The van der Waals surface area contributed by atoms with Crippen LogP contribution in [-0.4, -0.2) is 330 Å². The van der Waals surface area contributed by atoms with Gasteiger partial charge in [-0.05, 0) is 83.1 Å². The number of halogens is 4. The van der Waals surface area contributed by atoms with E-state index in [1.165, 1.54) is 0 Å². The van der Waals surface area contributed by atoms with Gasteiger partial charge in [0.1, 0.15) is 55.4 Å². The number of piperazine rings is 5. The quantitative estimate of drug-likeness (QED) is 0.0389. The first-order chi connectivity index (χ1) is 46.5. The van der Waals surface area contributed by atoms with E-state index in [0.717, 1.165) is 52.4 Å². The number of nitrogens with one attached hydrogen (secondary N) is 4. The Morgan fingerprint density at radius 1 is 0.380 bits per heavy atom. The molecule has 35 heteroatoms. The van der Waals surface area contributed by atoms with Crippen LogP contribution in [0.4, 0.5) is 43.2 Å². The fourth-order valence-electron chi connectivity index (χ4n) is 7.69. The highest BCUT2D eigenvalue weighted by atomic mass is 35.5. The number of carbonyl (C=O) groups is 9. The number of nitrogens with zero attached hydrogens (tertiary/aromatic N) is 8. The van der Waals surface area contributed by atoms with Crippen molar-refractivity contribution < 1.29 is 87.2 Å². The number of hydrogen-bond donors (Lipinski definition) is 5. The topological polar surface area (TPSA) is 337 Å². The number of ether oxygens (including phenoxy) is 9. The highest BCUT2D eigenvalue weighted by Crippen LogP contribution is 2.16. The van der Waals surface area contributed by atoms with Gasteiger partial charge >= 0.3 is 54.2 Å². The molecule has 5 aliphatic rings. The van der Waals surface area contributed by atoms with Gasteiger partial charge < -0.3 is 109 Å². The summed E-state index contributed by atoms with van der Waals surface area (Å²) in [5, 5.41) is 12.2. The van der Waals surface area contributed by atoms with E-state index in [9.17, 15) is 43.2 Å². The Morgan fingerprint density at radius 2 is 0.580 bits per heavy atom. The number of terminal acetylenes is 3. The summed E-state index contributed by atoms with van der Waals surface area (Å²) in [6.45, 7) is 37.4. The Hall–Kier alpha value is -6.73. The summed E-state index contributed by atoms with van der Waals surface area (Å²) in [6.07, 6.45) is 12.2. The van der Waals surface area contributed by atoms with Crippen molar-refractivity contribution >= 4 is 101 Å². The summed E-state index contributed by atoms with van der Waals surface area (Å²) in [5.41, 5.74) is 2.07. The van der Waals surface area contributed by atoms with Gasteiger partial charge in [-0.3, -0.25) is 0 Å². The van der Waals surface area contributed by atoms with Gasteiger partial charge in [0, 0.05) is 157 Å². The lowest BCUT2D eigenvalue weighted by atomic mass is 10.2. The van der Waals surface area contributed by atoms with Crippen molar-refractivity contribution in [1.29, 1.82) is 0 Å². The zero-order valence-electron chi connectivity index (χ0n) is 60.1. The third-order valence-corrected chi connectivity index (χ3v) is 12.8. The molecule has 8 amide bonds. The van der Waals surface area contributed by atoms with Gasteiger partial charge in [0.25, 0.3) is 0 Å². The minimum atomic E-state index is -0.805. The Labute approximate surface area is 615 Å². The highest BCUT2D eigenvalue weighted by molar-refractivity contribution is 6.61. The van der Waals surface area contributed by atoms with Crippen molar-refractivity contribution in [3.63, 3.8) is 0 Å². The number of alkyl halides is 3. The molecule has 0 atom stereocenters. The van der Waals surface area contributed by atoms with Crippen LogP contribution in [0.3, 0.4) is 0 Å². The third kappa shape index (κ3) is 53.2. The van der Waals surface area contributed by atoms with E-state index in [2.05, 4.69) is 50.2 Å². The van der Waals surface area contributed by atoms with Crippen LogP contribution in [-0.2, 0) is 42.6 Å². The van der Waals surface area contributed by atoms with E-state index in [0.29, 0.717) is 124 Å². The molecule has 0 aromatic carbocycles. The number of amides is 8. The maximum atomic E-state index is 11.9. The fraction of sp³-hybridized carbons (Fsp3) is 0.769. The van der Waals surface area contributed by atoms with Crippen LogP contribution in [0.25, 0.3) is 0 Å².